The topological polar surface area (TPSA) is 24.1 Å². The van der Waals surface area contributed by atoms with Gasteiger partial charge in [0.15, 0.2) is 0 Å². The maximum absolute atomic E-state index is 3.60. The van der Waals surface area contributed by atoms with Gasteiger partial charge in [-0.2, -0.15) is 0 Å². The number of nitrogens with one attached hydrogen (secondary N) is 2. The largest absolute Gasteiger partial charge is 0.313 e. The van der Waals surface area contributed by atoms with Crippen LogP contribution in [-0.2, 0) is 0 Å². The molecule has 1 atom stereocenters. The van der Waals surface area contributed by atoms with Crippen LogP contribution in [0.4, 0.5) is 0 Å². The molecular weight excluding hydrogens is 112 g/mol. The zero-order chi connectivity index (χ0) is 6.32. The molecule has 1 unspecified atom stereocenters. The predicted octanol–water partition coefficient (Wildman–Crippen LogP) is 0.100. The van der Waals surface area contributed by atoms with Crippen molar-refractivity contribution >= 4 is 0 Å². The molecule has 9 heavy (non-hydrogen) atoms. The molecule has 0 aromatic carbocycles. The van der Waals surface area contributed by atoms with Gasteiger partial charge in [0, 0.05) is 24.7 Å². The molecule has 0 aromatic rings. The van der Waals surface area contributed by atoms with Gasteiger partial charge in [-0.15, -0.1) is 0 Å². The van der Waals surface area contributed by atoms with Crippen LogP contribution in [0.15, 0.2) is 0 Å². The van der Waals surface area contributed by atoms with E-state index in [0.717, 1.165) is 6.04 Å². The lowest BCUT2D eigenvalue weighted by atomic mass is 9.91. The van der Waals surface area contributed by atoms with E-state index in [9.17, 15) is 0 Å². The maximum atomic E-state index is 3.60. The summed E-state index contributed by atoms with van der Waals surface area (Å²) < 4.78 is 0. The molecule has 2 nitrogen and oxygen atoms in total. The summed E-state index contributed by atoms with van der Waals surface area (Å²) >= 11 is 0. The lowest BCUT2D eigenvalue weighted by Gasteiger charge is -2.40. The number of hydrogen-bond acceptors (Lipinski definition) is 2. The molecule has 0 radical (unpaired) electrons. The smallest absolute Gasteiger partial charge is 0.0434 e. The van der Waals surface area contributed by atoms with Crippen LogP contribution in [0.5, 0.6) is 0 Å². The van der Waals surface area contributed by atoms with Crippen LogP contribution < -0.4 is 10.6 Å². The van der Waals surface area contributed by atoms with Crippen LogP contribution in [0.1, 0.15) is 19.8 Å². The minimum absolute atomic E-state index is 0.527. The molecule has 52 valence electrons. The van der Waals surface area contributed by atoms with E-state index >= 15 is 0 Å². The van der Waals surface area contributed by atoms with E-state index in [1.54, 1.807) is 0 Å². The molecule has 0 aliphatic carbocycles. The first-order valence-electron chi connectivity index (χ1n) is 3.79. The number of hydrogen-bond donors (Lipinski definition) is 2. The molecule has 2 aliphatic rings. The van der Waals surface area contributed by atoms with Crippen molar-refractivity contribution in [1.29, 1.82) is 0 Å². The molecule has 2 N–H and O–H groups in total. The lowest BCUT2D eigenvalue weighted by molar-refractivity contribution is 0.240. The van der Waals surface area contributed by atoms with Crippen LogP contribution in [-0.4, -0.2) is 24.7 Å². The van der Waals surface area contributed by atoms with Crippen LogP contribution >= 0.6 is 0 Å². The fourth-order valence-corrected chi connectivity index (χ4v) is 1.87. The first-order chi connectivity index (χ1) is 4.31. The normalized spacial score (nSPS) is 39.0. The molecule has 2 saturated heterocycles. The Morgan fingerprint density at radius 2 is 2.22 bits per heavy atom. The Kier molecular flexibility index (Phi) is 1.08. The van der Waals surface area contributed by atoms with E-state index in [4.69, 9.17) is 0 Å². The summed E-state index contributed by atoms with van der Waals surface area (Å²) in [5.74, 6) is 0. The van der Waals surface area contributed by atoms with Gasteiger partial charge in [0.25, 0.3) is 0 Å². The van der Waals surface area contributed by atoms with Gasteiger partial charge in [0.2, 0.25) is 0 Å². The quantitative estimate of drug-likeness (QED) is 0.481. The third kappa shape index (κ3) is 0.775. The van der Waals surface area contributed by atoms with Crippen molar-refractivity contribution < 1.29 is 0 Å². The minimum Gasteiger partial charge on any atom is -0.313 e. The highest BCUT2D eigenvalue weighted by atomic mass is 15.2. The molecule has 2 heterocycles. The van der Waals surface area contributed by atoms with Crippen molar-refractivity contribution in [3.63, 3.8) is 0 Å². The fraction of sp³-hybridized carbons (Fsp3) is 1.00. The van der Waals surface area contributed by atoms with Crippen LogP contribution in [0.3, 0.4) is 0 Å². The summed E-state index contributed by atoms with van der Waals surface area (Å²) in [5.41, 5.74) is 0.527. The van der Waals surface area contributed by atoms with E-state index in [1.165, 1.54) is 25.9 Å². The lowest BCUT2D eigenvalue weighted by Crippen LogP contribution is -2.65. The van der Waals surface area contributed by atoms with Crippen molar-refractivity contribution in [2.24, 2.45) is 0 Å². The summed E-state index contributed by atoms with van der Waals surface area (Å²) in [5, 5.41) is 6.91. The fourth-order valence-electron chi connectivity index (χ4n) is 1.87. The summed E-state index contributed by atoms with van der Waals surface area (Å²) in [6.45, 7) is 4.65. The first kappa shape index (κ1) is 5.69. The average Bonchev–Trinajstić information content (AvgIpc) is 2.09. The van der Waals surface area contributed by atoms with Crippen molar-refractivity contribution in [1.82, 2.24) is 10.6 Å². The molecule has 0 aromatic heterocycles. The maximum Gasteiger partial charge on any atom is 0.0434 e. The SMILES string of the molecule is CC1CCC2(CNC2)N1. The summed E-state index contributed by atoms with van der Waals surface area (Å²) in [7, 11) is 0. The molecule has 2 heteroatoms. The van der Waals surface area contributed by atoms with Crippen molar-refractivity contribution in [2.75, 3.05) is 13.1 Å². The van der Waals surface area contributed by atoms with E-state index in [-0.39, 0.29) is 0 Å². The van der Waals surface area contributed by atoms with Gasteiger partial charge in [0.05, 0.1) is 0 Å². The van der Waals surface area contributed by atoms with Crippen molar-refractivity contribution in [2.45, 2.75) is 31.3 Å². The van der Waals surface area contributed by atoms with Crippen molar-refractivity contribution in [3.8, 4) is 0 Å². The second kappa shape index (κ2) is 1.70. The van der Waals surface area contributed by atoms with E-state index < -0.39 is 0 Å². The second-order valence-electron chi connectivity index (χ2n) is 3.47. The molecule has 0 bridgehead atoms. The molecule has 1 spiro atoms. The van der Waals surface area contributed by atoms with Gasteiger partial charge in [-0.25, -0.2) is 0 Å². The third-order valence-electron chi connectivity index (χ3n) is 2.54. The Balaban J connectivity index is 1.99. The highest BCUT2D eigenvalue weighted by molar-refractivity contribution is 5.05. The zero-order valence-electron chi connectivity index (χ0n) is 5.91. The zero-order valence-corrected chi connectivity index (χ0v) is 5.91. The van der Waals surface area contributed by atoms with Gasteiger partial charge < -0.3 is 10.6 Å². The van der Waals surface area contributed by atoms with Gasteiger partial charge in [-0.05, 0) is 19.8 Å². The van der Waals surface area contributed by atoms with Gasteiger partial charge in [-0.3, -0.25) is 0 Å². The Morgan fingerprint density at radius 1 is 1.44 bits per heavy atom. The highest BCUT2D eigenvalue weighted by Crippen LogP contribution is 2.26. The third-order valence-corrected chi connectivity index (χ3v) is 2.54. The second-order valence-corrected chi connectivity index (χ2v) is 3.47. The van der Waals surface area contributed by atoms with E-state index in [1.807, 2.05) is 0 Å². The number of rotatable bonds is 0. The summed E-state index contributed by atoms with van der Waals surface area (Å²) in [4.78, 5) is 0. The molecule has 2 rings (SSSR count). The molecule has 0 saturated carbocycles. The Labute approximate surface area is 56.0 Å². The van der Waals surface area contributed by atoms with E-state index in [0.29, 0.717) is 5.54 Å². The Bertz CT molecular complexity index is 118. The molecular formula is C7H14N2. The van der Waals surface area contributed by atoms with Crippen LogP contribution in [0, 0.1) is 0 Å². The molecule has 0 amide bonds. The van der Waals surface area contributed by atoms with Crippen LogP contribution in [0.2, 0.25) is 0 Å². The van der Waals surface area contributed by atoms with Gasteiger partial charge >= 0.3 is 0 Å². The highest BCUT2D eigenvalue weighted by Gasteiger charge is 2.41. The van der Waals surface area contributed by atoms with Gasteiger partial charge in [0.1, 0.15) is 0 Å². The minimum atomic E-state index is 0.527. The predicted molar refractivity (Wildman–Crippen MR) is 37.4 cm³/mol. The van der Waals surface area contributed by atoms with E-state index in [2.05, 4.69) is 17.6 Å². The molecule has 2 fully saturated rings. The van der Waals surface area contributed by atoms with Gasteiger partial charge in [-0.1, -0.05) is 0 Å². The Hall–Kier alpha value is -0.0800. The summed E-state index contributed by atoms with van der Waals surface area (Å²) in [6, 6.07) is 0.757. The average molecular weight is 126 g/mol. The Morgan fingerprint density at radius 3 is 2.44 bits per heavy atom. The molecule has 2 aliphatic heterocycles. The first-order valence-corrected chi connectivity index (χ1v) is 3.79. The standard InChI is InChI=1S/C7H14N2/c1-6-2-3-7(9-6)4-8-5-7/h6,8-9H,2-5H2,1H3. The monoisotopic (exact) mass is 126 g/mol. The van der Waals surface area contributed by atoms with Crippen molar-refractivity contribution in [3.05, 3.63) is 0 Å². The van der Waals surface area contributed by atoms with Crippen LogP contribution in [0.25, 0.3) is 0 Å². The summed E-state index contributed by atoms with van der Waals surface area (Å²) in [6.07, 6.45) is 2.74.